The van der Waals surface area contributed by atoms with Crippen molar-refractivity contribution in [3.05, 3.63) is 39.1 Å². The Bertz CT molecular complexity index is 840. The number of carbonyl (C=O) groups is 1. The van der Waals surface area contributed by atoms with Gasteiger partial charge in [0.05, 0.1) is 23.6 Å². The van der Waals surface area contributed by atoms with Gasteiger partial charge in [-0.05, 0) is 37.1 Å². The average molecular weight is 422 g/mol. The zero-order valence-electron chi connectivity index (χ0n) is 14.5. The molecule has 2 heterocycles. The molecule has 0 radical (unpaired) electrons. The predicted molar refractivity (Wildman–Crippen MR) is 88.9 cm³/mol. The summed E-state index contributed by atoms with van der Waals surface area (Å²) in [4.78, 5) is 16.9. The van der Waals surface area contributed by atoms with Gasteiger partial charge < -0.3 is 19.5 Å². The van der Waals surface area contributed by atoms with Crippen molar-refractivity contribution in [2.45, 2.75) is 25.6 Å². The molecule has 2 aliphatic rings. The van der Waals surface area contributed by atoms with Crippen molar-refractivity contribution in [1.29, 1.82) is 0 Å². The summed E-state index contributed by atoms with van der Waals surface area (Å²) in [6.45, 7) is 1.72. The van der Waals surface area contributed by atoms with E-state index in [-0.39, 0.29) is 21.3 Å². The Labute approximate surface area is 162 Å². The molecule has 0 bridgehead atoms. The molecule has 1 aromatic carbocycles. The number of alkyl halides is 3. The van der Waals surface area contributed by atoms with Crippen molar-refractivity contribution in [1.82, 2.24) is 5.01 Å². The minimum atomic E-state index is -4.86. The lowest BCUT2D eigenvalue weighted by molar-refractivity contribution is -0.723. The predicted octanol–water partition coefficient (Wildman–Crippen LogP) is 3.37. The van der Waals surface area contributed by atoms with Crippen LogP contribution in [0.15, 0.2) is 23.0 Å². The summed E-state index contributed by atoms with van der Waals surface area (Å²) in [5.74, 6) is -1.34. The fourth-order valence-electron chi connectivity index (χ4n) is 2.62. The van der Waals surface area contributed by atoms with Crippen molar-refractivity contribution in [2.75, 3.05) is 19.9 Å². The molecule has 1 aromatic rings. The molecule has 152 valence electrons. The molecule has 0 saturated carbocycles. The van der Waals surface area contributed by atoms with E-state index in [1.807, 2.05) is 0 Å². The maximum atomic E-state index is 13.4. The summed E-state index contributed by atoms with van der Waals surface area (Å²) >= 11 is 5.92. The molecule has 2 aliphatic heterocycles. The van der Waals surface area contributed by atoms with E-state index in [2.05, 4.69) is 14.9 Å². The number of nitrogens with zero attached hydrogens (tertiary/aromatic N) is 3. The topological polar surface area (TPSA) is 86.4 Å². The number of esters is 1. The average Bonchev–Trinajstić information content (AvgIpc) is 2.54. The third-order valence-electron chi connectivity index (χ3n) is 4.08. The second-order valence-electron chi connectivity index (χ2n) is 6.10. The van der Waals surface area contributed by atoms with Crippen LogP contribution in [0.4, 0.5) is 13.2 Å². The molecular formula is C16H15ClF3N3O5. The van der Waals surface area contributed by atoms with E-state index in [1.54, 1.807) is 0 Å². The number of halogens is 4. The molecule has 1 fully saturated rings. The number of fused-ring (bicyclic) bond motifs is 1. The van der Waals surface area contributed by atoms with Crippen LogP contribution in [0.3, 0.4) is 0 Å². The van der Waals surface area contributed by atoms with Crippen LogP contribution < -0.4 is 4.74 Å². The molecule has 0 unspecified atom stereocenters. The molecule has 1 atom stereocenters. The first-order chi connectivity index (χ1) is 13.2. The number of benzene rings is 1. The Morgan fingerprint density at radius 1 is 1.46 bits per heavy atom. The molecule has 8 nitrogen and oxygen atoms in total. The van der Waals surface area contributed by atoms with E-state index < -0.39 is 30.6 Å². The monoisotopic (exact) mass is 421 g/mol. The number of aryl methyl sites for hydroxylation is 1. The second kappa shape index (κ2) is 7.74. The number of hydrogen-bond acceptors (Lipinski definition) is 6. The maximum absolute atomic E-state index is 13.4. The van der Waals surface area contributed by atoms with Gasteiger partial charge in [-0.15, -0.1) is 5.01 Å². The van der Waals surface area contributed by atoms with Crippen LogP contribution in [0.2, 0.25) is 5.02 Å². The SMILES string of the molecule is Cc1cc(Cl)cc2c1O[C@H](C(F)(F)F)C(C(=O)OCO/N=[N+](\[O-])N1CCC1)=C2. The summed E-state index contributed by atoms with van der Waals surface area (Å²) in [6.07, 6.45) is -5.53. The smallest absolute Gasteiger partial charge is 0.430 e. The highest BCUT2D eigenvalue weighted by Gasteiger charge is 2.49. The first-order valence-corrected chi connectivity index (χ1v) is 8.52. The zero-order chi connectivity index (χ0) is 20.5. The minimum absolute atomic E-state index is 0.0222. The Morgan fingerprint density at radius 3 is 2.79 bits per heavy atom. The van der Waals surface area contributed by atoms with Crippen LogP contribution in [0.1, 0.15) is 17.5 Å². The summed E-state index contributed by atoms with van der Waals surface area (Å²) < 4.78 is 49.8. The lowest BCUT2D eigenvalue weighted by atomic mass is 9.99. The molecule has 28 heavy (non-hydrogen) atoms. The highest BCUT2D eigenvalue weighted by Crippen LogP contribution is 2.40. The van der Waals surface area contributed by atoms with E-state index in [4.69, 9.17) is 16.3 Å². The van der Waals surface area contributed by atoms with Crippen molar-refractivity contribution >= 4 is 23.6 Å². The lowest BCUT2D eigenvalue weighted by Gasteiger charge is -2.28. The van der Waals surface area contributed by atoms with E-state index >= 15 is 0 Å². The Hall–Kier alpha value is -2.69. The highest BCUT2D eigenvalue weighted by molar-refractivity contribution is 6.30. The van der Waals surface area contributed by atoms with E-state index in [0.717, 1.165) is 12.5 Å². The van der Waals surface area contributed by atoms with Crippen LogP contribution in [0, 0.1) is 12.1 Å². The van der Waals surface area contributed by atoms with Gasteiger partial charge in [0.2, 0.25) is 11.4 Å². The van der Waals surface area contributed by atoms with Gasteiger partial charge in [-0.2, -0.15) is 13.2 Å². The number of hydrazine groups is 1. The second-order valence-corrected chi connectivity index (χ2v) is 6.54. The van der Waals surface area contributed by atoms with Crippen molar-refractivity contribution in [2.24, 2.45) is 5.28 Å². The van der Waals surface area contributed by atoms with Crippen LogP contribution in [-0.4, -0.2) is 48.1 Å². The van der Waals surface area contributed by atoms with Crippen LogP contribution >= 0.6 is 11.6 Å². The molecule has 0 spiro atoms. The molecule has 0 N–H and O–H groups in total. The van der Waals surface area contributed by atoms with Crippen molar-refractivity contribution < 1.29 is 37.2 Å². The van der Waals surface area contributed by atoms with Gasteiger partial charge in [-0.25, -0.2) is 4.79 Å². The molecule has 0 amide bonds. The maximum Gasteiger partial charge on any atom is 0.430 e. The van der Waals surface area contributed by atoms with Crippen molar-refractivity contribution in [3.63, 3.8) is 0 Å². The number of rotatable bonds is 5. The number of ether oxygens (including phenoxy) is 2. The first-order valence-electron chi connectivity index (χ1n) is 8.14. The largest absolute Gasteiger partial charge is 0.569 e. The van der Waals surface area contributed by atoms with Crippen molar-refractivity contribution in [3.8, 4) is 5.75 Å². The summed E-state index contributed by atoms with van der Waals surface area (Å²) in [5, 5.41) is 16.1. The summed E-state index contributed by atoms with van der Waals surface area (Å²) in [5.41, 5.74) is -0.164. The van der Waals surface area contributed by atoms with Gasteiger partial charge in [0.25, 0.3) is 6.79 Å². The third kappa shape index (κ3) is 4.24. The molecule has 0 aromatic heterocycles. The normalized spacial score (nSPS) is 19.2. The van der Waals surface area contributed by atoms with Gasteiger partial charge in [0.15, 0.2) is 0 Å². The zero-order valence-corrected chi connectivity index (χ0v) is 15.3. The summed E-state index contributed by atoms with van der Waals surface area (Å²) in [6, 6.07) is 2.82. The quantitative estimate of drug-likeness (QED) is 0.181. The fourth-order valence-corrected chi connectivity index (χ4v) is 2.90. The third-order valence-corrected chi connectivity index (χ3v) is 4.29. The van der Waals surface area contributed by atoms with Crippen LogP contribution in [-0.2, 0) is 14.4 Å². The molecular weight excluding hydrogens is 407 g/mol. The highest BCUT2D eigenvalue weighted by atomic mass is 35.5. The van der Waals surface area contributed by atoms with E-state index in [9.17, 15) is 23.2 Å². The molecule has 12 heteroatoms. The Kier molecular flexibility index (Phi) is 5.54. The Balaban J connectivity index is 1.74. The number of hydrogen-bond donors (Lipinski definition) is 0. The van der Waals surface area contributed by atoms with E-state index in [0.29, 0.717) is 18.7 Å². The van der Waals surface area contributed by atoms with Crippen LogP contribution in [0.5, 0.6) is 5.75 Å². The Morgan fingerprint density at radius 2 is 2.18 bits per heavy atom. The standard InChI is InChI=1S/C16H15ClF3N3O5/c1-9-5-11(17)6-10-7-12(14(16(18,19)20)28-13(9)10)15(24)26-8-27-21-23(25)22-3-2-4-22/h5-7,14H,2-4,8H2,1H3/b23-21-/t14-/m0/s1. The van der Waals surface area contributed by atoms with Crippen LogP contribution in [0.25, 0.3) is 6.08 Å². The van der Waals surface area contributed by atoms with E-state index in [1.165, 1.54) is 24.1 Å². The van der Waals surface area contributed by atoms with Gasteiger partial charge in [0, 0.05) is 10.6 Å². The minimum Gasteiger partial charge on any atom is -0.569 e. The molecule has 3 rings (SSSR count). The lowest BCUT2D eigenvalue weighted by Crippen LogP contribution is -2.42. The summed E-state index contributed by atoms with van der Waals surface area (Å²) in [7, 11) is 0. The van der Waals surface area contributed by atoms with Gasteiger partial charge in [0.1, 0.15) is 5.75 Å². The van der Waals surface area contributed by atoms with Gasteiger partial charge in [-0.1, -0.05) is 11.6 Å². The first kappa shape index (κ1) is 20.1. The van der Waals surface area contributed by atoms with Gasteiger partial charge in [-0.3, -0.25) is 0 Å². The fraction of sp³-hybridized carbons (Fsp3) is 0.438. The molecule has 0 aliphatic carbocycles. The molecule has 1 saturated heterocycles. The number of carbonyl (C=O) groups excluding carboxylic acids is 1. The van der Waals surface area contributed by atoms with Gasteiger partial charge >= 0.3 is 12.1 Å².